The van der Waals surface area contributed by atoms with E-state index in [2.05, 4.69) is 20.9 Å². The van der Waals surface area contributed by atoms with E-state index in [-0.39, 0.29) is 17.6 Å². The average molecular weight is 382 g/mol. The number of phenolic OH excluding ortho intramolecular Hbond substituents is 1. The minimum atomic E-state index is 0.0220. The molecule has 4 N–H and O–H groups in total. The average Bonchev–Trinajstić information content (AvgIpc) is 2.70. The minimum absolute atomic E-state index is 0.0220. The molecule has 1 amide bonds. The van der Waals surface area contributed by atoms with Crippen LogP contribution in [0.4, 0.5) is 5.69 Å². The molecular formula is C21H26N4O3. The summed E-state index contributed by atoms with van der Waals surface area (Å²) in [7, 11) is 1.59. The van der Waals surface area contributed by atoms with Crippen molar-refractivity contribution >= 4 is 17.6 Å². The Balaban J connectivity index is 1.70. The predicted octanol–water partition coefficient (Wildman–Crippen LogP) is 2.58. The van der Waals surface area contributed by atoms with Crippen molar-refractivity contribution in [3.8, 4) is 11.5 Å². The van der Waals surface area contributed by atoms with Gasteiger partial charge in [-0.2, -0.15) is 0 Å². The number of methoxy groups -OCH3 is 1. The summed E-state index contributed by atoms with van der Waals surface area (Å²) in [6.07, 6.45) is 0.431. The van der Waals surface area contributed by atoms with Crippen LogP contribution >= 0.6 is 0 Å². The highest BCUT2D eigenvalue weighted by Crippen LogP contribution is 2.31. The number of benzene rings is 2. The van der Waals surface area contributed by atoms with Crippen molar-refractivity contribution < 1.29 is 14.6 Å². The number of aliphatic imine (C=N–C) groups is 1. The van der Waals surface area contributed by atoms with Crippen molar-refractivity contribution in [3.63, 3.8) is 0 Å². The van der Waals surface area contributed by atoms with Gasteiger partial charge in [-0.1, -0.05) is 18.2 Å². The van der Waals surface area contributed by atoms with Gasteiger partial charge in [-0.25, -0.2) is 4.99 Å². The summed E-state index contributed by atoms with van der Waals surface area (Å²) < 4.78 is 5.21. The lowest BCUT2D eigenvalue weighted by molar-refractivity contribution is -0.116. The van der Waals surface area contributed by atoms with Gasteiger partial charge >= 0.3 is 0 Å². The fourth-order valence-electron chi connectivity index (χ4n) is 3.23. The molecule has 0 spiro atoms. The summed E-state index contributed by atoms with van der Waals surface area (Å²) in [4.78, 5) is 16.5. The summed E-state index contributed by atoms with van der Waals surface area (Å²) >= 11 is 0. The number of anilines is 1. The molecule has 1 unspecified atom stereocenters. The maximum absolute atomic E-state index is 12.0. The molecule has 2 aromatic carbocycles. The number of guanidine groups is 1. The highest BCUT2D eigenvalue weighted by atomic mass is 16.5. The number of nitrogens with zero attached hydrogens (tertiary/aromatic N) is 1. The van der Waals surface area contributed by atoms with Crippen molar-refractivity contribution in [1.82, 2.24) is 10.6 Å². The lowest BCUT2D eigenvalue weighted by Gasteiger charge is -2.26. The van der Waals surface area contributed by atoms with Gasteiger partial charge in [0, 0.05) is 36.7 Å². The van der Waals surface area contributed by atoms with Crippen LogP contribution in [0.1, 0.15) is 30.4 Å². The topological polar surface area (TPSA) is 95.0 Å². The van der Waals surface area contributed by atoms with Crippen molar-refractivity contribution in [1.29, 1.82) is 0 Å². The lowest BCUT2D eigenvalue weighted by atomic mass is 9.90. The van der Waals surface area contributed by atoms with Crippen LogP contribution in [0.5, 0.6) is 11.5 Å². The molecular weight excluding hydrogens is 356 g/mol. The molecule has 0 saturated heterocycles. The fourth-order valence-corrected chi connectivity index (χ4v) is 3.23. The number of hydrogen-bond donors (Lipinski definition) is 4. The van der Waals surface area contributed by atoms with E-state index in [1.807, 2.05) is 31.2 Å². The smallest absolute Gasteiger partial charge is 0.225 e. The van der Waals surface area contributed by atoms with E-state index in [9.17, 15) is 9.90 Å². The predicted molar refractivity (Wildman–Crippen MR) is 110 cm³/mol. The van der Waals surface area contributed by atoms with Gasteiger partial charge in [0.2, 0.25) is 5.91 Å². The molecule has 1 aliphatic rings. The second-order valence-corrected chi connectivity index (χ2v) is 6.61. The summed E-state index contributed by atoms with van der Waals surface area (Å²) in [6, 6.07) is 12.9. The highest BCUT2D eigenvalue weighted by molar-refractivity contribution is 5.94. The van der Waals surface area contributed by atoms with Crippen LogP contribution in [0.15, 0.2) is 47.5 Å². The van der Waals surface area contributed by atoms with Crippen molar-refractivity contribution in [2.24, 2.45) is 4.99 Å². The van der Waals surface area contributed by atoms with E-state index in [1.165, 1.54) is 0 Å². The van der Waals surface area contributed by atoms with E-state index < -0.39 is 0 Å². The number of amides is 1. The highest BCUT2D eigenvalue weighted by Gasteiger charge is 2.24. The zero-order valence-corrected chi connectivity index (χ0v) is 16.2. The van der Waals surface area contributed by atoms with E-state index in [0.29, 0.717) is 43.3 Å². The molecule has 28 heavy (non-hydrogen) atoms. The number of carbonyl (C=O) groups is 1. The third-order valence-corrected chi connectivity index (χ3v) is 4.66. The second kappa shape index (κ2) is 9.12. The number of para-hydroxylation sites is 1. The van der Waals surface area contributed by atoms with Crippen molar-refractivity contribution in [3.05, 3.63) is 53.6 Å². The molecule has 2 aromatic rings. The molecule has 0 saturated carbocycles. The number of aromatic hydroxyl groups is 1. The Bertz CT molecular complexity index is 866. The Hall–Kier alpha value is -3.22. The molecule has 1 heterocycles. The molecule has 0 bridgehead atoms. The number of carbonyl (C=O) groups excluding carboxylic acids is 1. The summed E-state index contributed by atoms with van der Waals surface area (Å²) in [5.41, 5.74) is 2.67. The second-order valence-electron chi connectivity index (χ2n) is 6.61. The molecule has 1 aliphatic heterocycles. The first-order valence-electron chi connectivity index (χ1n) is 9.37. The van der Waals surface area contributed by atoms with Crippen molar-refractivity contribution in [2.75, 3.05) is 25.5 Å². The SMILES string of the molecule is CCNC(=NCc1cc(OC)ccc1O)NCC1CC(=O)Nc2ccccc21. The maximum atomic E-state index is 12.0. The molecule has 148 valence electrons. The molecule has 0 aliphatic carbocycles. The van der Waals surface area contributed by atoms with E-state index in [4.69, 9.17) is 4.74 Å². The number of fused-ring (bicyclic) bond motifs is 1. The Kier molecular flexibility index (Phi) is 6.37. The van der Waals surface area contributed by atoms with Gasteiger partial charge in [0.25, 0.3) is 0 Å². The molecule has 0 fully saturated rings. The zero-order chi connectivity index (χ0) is 19.9. The lowest BCUT2D eigenvalue weighted by Crippen LogP contribution is -2.40. The molecule has 0 radical (unpaired) electrons. The Morgan fingerprint density at radius 1 is 1.29 bits per heavy atom. The number of hydrogen-bond acceptors (Lipinski definition) is 4. The Morgan fingerprint density at radius 3 is 2.89 bits per heavy atom. The molecule has 7 heteroatoms. The summed E-state index contributed by atoms with van der Waals surface area (Å²) in [5, 5.41) is 19.5. The quantitative estimate of drug-likeness (QED) is 0.455. The third-order valence-electron chi connectivity index (χ3n) is 4.66. The van der Waals surface area contributed by atoms with Crippen LogP contribution in [0.25, 0.3) is 0 Å². The van der Waals surface area contributed by atoms with Gasteiger partial charge in [0.1, 0.15) is 11.5 Å². The monoisotopic (exact) mass is 382 g/mol. The maximum Gasteiger partial charge on any atom is 0.225 e. The van der Waals surface area contributed by atoms with Gasteiger partial charge in [-0.3, -0.25) is 4.79 Å². The Labute approximate surface area is 164 Å². The number of rotatable bonds is 6. The third kappa shape index (κ3) is 4.73. The standard InChI is InChI=1S/C21H26N4O3/c1-3-22-21(24-13-15-10-16(28-2)8-9-19(15)26)23-12-14-11-20(27)25-18-7-5-4-6-17(14)18/h4-10,14,26H,3,11-13H2,1-2H3,(H,25,27)(H2,22,23,24). The molecule has 7 nitrogen and oxygen atoms in total. The largest absolute Gasteiger partial charge is 0.508 e. The van der Waals surface area contributed by atoms with Gasteiger partial charge in [-0.15, -0.1) is 0 Å². The summed E-state index contributed by atoms with van der Waals surface area (Å²) in [5.74, 6) is 1.57. The van der Waals surface area contributed by atoms with Crippen molar-refractivity contribution in [2.45, 2.75) is 25.8 Å². The first kappa shape index (κ1) is 19.5. The number of ether oxygens (including phenoxy) is 1. The van der Waals surface area contributed by atoms with Gasteiger partial charge in [0.05, 0.1) is 13.7 Å². The van der Waals surface area contributed by atoms with Gasteiger partial charge in [0.15, 0.2) is 5.96 Å². The normalized spacial score (nSPS) is 16.1. The number of nitrogens with one attached hydrogen (secondary N) is 3. The minimum Gasteiger partial charge on any atom is -0.508 e. The van der Waals surface area contributed by atoms with Crippen LogP contribution < -0.4 is 20.7 Å². The number of phenols is 1. The van der Waals surface area contributed by atoms with Crippen LogP contribution in [0, 0.1) is 0 Å². The van der Waals surface area contributed by atoms with E-state index in [0.717, 1.165) is 11.3 Å². The molecule has 0 aromatic heterocycles. The van der Waals surface area contributed by atoms with E-state index in [1.54, 1.807) is 25.3 Å². The van der Waals surface area contributed by atoms with Gasteiger partial charge in [-0.05, 0) is 36.8 Å². The first-order valence-corrected chi connectivity index (χ1v) is 9.37. The summed E-state index contributed by atoms with van der Waals surface area (Å²) in [6.45, 7) is 3.59. The van der Waals surface area contributed by atoms with Crippen LogP contribution in [0.3, 0.4) is 0 Å². The van der Waals surface area contributed by atoms with Crippen LogP contribution in [-0.4, -0.2) is 37.2 Å². The first-order chi connectivity index (χ1) is 13.6. The van der Waals surface area contributed by atoms with Gasteiger partial charge < -0.3 is 25.8 Å². The van der Waals surface area contributed by atoms with Crippen LogP contribution in [0.2, 0.25) is 0 Å². The zero-order valence-electron chi connectivity index (χ0n) is 16.2. The van der Waals surface area contributed by atoms with Crippen LogP contribution in [-0.2, 0) is 11.3 Å². The Morgan fingerprint density at radius 2 is 2.11 bits per heavy atom. The fraction of sp³-hybridized carbons (Fsp3) is 0.333. The molecule has 3 rings (SSSR count). The van der Waals surface area contributed by atoms with E-state index >= 15 is 0 Å². The molecule has 1 atom stereocenters.